The van der Waals surface area contributed by atoms with Crippen LogP contribution in [0.15, 0.2) is 16.7 Å². The van der Waals surface area contributed by atoms with Gasteiger partial charge >= 0.3 is 0 Å². The van der Waals surface area contributed by atoms with Crippen molar-refractivity contribution in [2.75, 3.05) is 0 Å². The van der Waals surface area contributed by atoms with Gasteiger partial charge in [0.2, 0.25) is 0 Å². The number of fused-ring (bicyclic) bond motifs is 1. The first-order valence-electron chi connectivity index (χ1n) is 4.81. The minimum absolute atomic E-state index is 0.0881. The van der Waals surface area contributed by atoms with Crippen LogP contribution in [0.1, 0.15) is 25.6 Å². The lowest BCUT2D eigenvalue weighted by Gasteiger charge is -2.07. The van der Waals surface area contributed by atoms with Crippen LogP contribution in [0, 0.1) is 11.6 Å². The summed E-state index contributed by atoms with van der Waals surface area (Å²) in [5, 5.41) is 0.349. The van der Waals surface area contributed by atoms with E-state index in [-0.39, 0.29) is 11.4 Å². The van der Waals surface area contributed by atoms with E-state index in [0.29, 0.717) is 15.8 Å². The largest absolute Gasteiger partial charge is 0.229 e. The lowest BCUT2D eigenvalue weighted by atomic mass is 10.2. The molecule has 1 aromatic heterocycles. The van der Waals surface area contributed by atoms with Gasteiger partial charge in [0, 0.05) is 17.4 Å². The summed E-state index contributed by atoms with van der Waals surface area (Å²) < 4.78 is 27.0. The standard InChI is InChI=1S/C11H9BrF2N2/c1-5(2)11-15-9-7(10(12)16-11)3-6(13)4-8(9)14/h3-5H,1-2H3. The Balaban J connectivity index is 2.82. The van der Waals surface area contributed by atoms with Crippen LogP contribution in [0.4, 0.5) is 8.78 Å². The molecule has 0 saturated carbocycles. The lowest BCUT2D eigenvalue weighted by Crippen LogP contribution is -2.00. The number of hydrogen-bond donors (Lipinski definition) is 0. The van der Waals surface area contributed by atoms with Gasteiger partial charge in [0.25, 0.3) is 0 Å². The molecule has 0 aliphatic carbocycles. The van der Waals surface area contributed by atoms with E-state index in [2.05, 4.69) is 25.9 Å². The quantitative estimate of drug-likeness (QED) is 0.746. The Labute approximate surface area is 99.8 Å². The number of aromatic nitrogens is 2. The molecule has 0 fully saturated rings. The van der Waals surface area contributed by atoms with E-state index >= 15 is 0 Å². The number of rotatable bonds is 1. The van der Waals surface area contributed by atoms with Crippen molar-refractivity contribution in [3.8, 4) is 0 Å². The predicted molar refractivity (Wildman–Crippen MR) is 61.2 cm³/mol. The molecule has 2 aromatic rings. The first-order chi connectivity index (χ1) is 7.49. The van der Waals surface area contributed by atoms with Gasteiger partial charge in [-0.25, -0.2) is 18.7 Å². The zero-order valence-electron chi connectivity index (χ0n) is 8.76. The molecule has 0 amide bonds. The van der Waals surface area contributed by atoms with Crippen molar-refractivity contribution >= 4 is 26.8 Å². The summed E-state index contributed by atoms with van der Waals surface area (Å²) in [6.45, 7) is 3.82. The van der Waals surface area contributed by atoms with E-state index in [9.17, 15) is 8.78 Å². The fraction of sp³-hybridized carbons (Fsp3) is 0.273. The van der Waals surface area contributed by atoms with E-state index in [1.165, 1.54) is 6.07 Å². The monoisotopic (exact) mass is 286 g/mol. The van der Waals surface area contributed by atoms with Gasteiger partial charge in [-0.2, -0.15) is 0 Å². The Morgan fingerprint density at radius 2 is 1.88 bits per heavy atom. The topological polar surface area (TPSA) is 25.8 Å². The summed E-state index contributed by atoms with van der Waals surface area (Å²) in [4.78, 5) is 8.25. The Bertz CT molecular complexity index is 555. The fourth-order valence-corrected chi connectivity index (χ4v) is 1.88. The minimum atomic E-state index is -0.667. The molecule has 0 saturated heterocycles. The molecule has 0 aliphatic heterocycles. The Kier molecular flexibility index (Phi) is 2.88. The molecule has 0 radical (unpaired) electrons. The van der Waals surface area contributed by atoms with Crippen molar-refractivity contribution in [2.24, 2.45) is 0 Å². The van der Waals surface area contributed by atoms with E-state index in [4.69, 9.17) is 0 Å². The molecule has 2 nitrogen and oxygen atoms in total. The fourth-order valence-electron chi connectivity index (χ4n) is 1.40. The first kappa shape index (κ1) is 11.4. The molecule has 0 N–H and O–H groups in total. The molecule has 16 heavy (non-hydrogen) atoms. The molecular weight excluding hydrogens is 278 g/mol. The molecule has 0 unspecified atom stereocenters. The molecule has 1 aromatic carbocycles. The highest BCUT2D eigenvalue weighted by Crippen LogP contribution is 2.26. The summed E-state index contributed by atoms with van der Waals surface area (Å²) in [6.07, 6.45) is 0. The van der Waals surface area contributed by atoms with Crippen LogP contribution in [0.25, 0.3) is 10.9 Å². The Hall–Kier alpha value is -1.10. The highest BCUT2D eigenvalue weighted by Gasteiger charge is 2.13. The van der Waals surface area contributed by atoms with Crippen molar-refractivity contribution in [1.82, 2.24) is 9.97 Å². The number of halogens is 3. The van der Waals surface area contributed by atoms with Gasteiger partial charge in [-0.1, -0.05) is 13.8 Å². The van der Waals surface area contributed by atoms with Crippen LogP contribution in [-0.2, 0) is 0 Å². The van der Waals surface area contributed by atoms with Gasteiger partial charge in [-0.05, 0) is 22.0 Å². The third-order valence-electron chi connectivity index (χ3n) is 2.21. The van der Waals surface area contributed by atoms with Crippen molar-refractivity contribution in [1.29, 1.82) is 0 Å². The summed E-state index contributed by atoms with van der Waals surface area (Å²) in [5.74, 6) is -0.679. The van der Waals surface area contributed by atoms with E-state index < -0.39 is 11.6 Å². The third-order valence-corrected chi connectivity index (χ3v) is 2.81. The molecule has 84 valence electrons. The normalized spacial score (nSPS) is 11.4. The van der Waals surface area contributed by atoms with Crippen molar-refractivity contribution in [3.05, 3.63) is 34.2 Å². The van der Waals surface area contributed by atoms with E-state index in [1.54, 1.807) is 0 Å². The van der Waals surface area contributed by atoms with Gasteiger partial charge in [-0.3, -0.25) is 0 Å². The predicted octanol–water partition coefficient (Wildman–Crippen LogP) is 3.79. The Morgan fingerprint density at radius 3 is 2.50 bits per heavy atom. The van der Waals surface area contributed by atoms with Crippen LogP contribution in [-0.4, -0.2) is 9.97 Å². The van der Waals surface area contributed by atoms with Gasteiger partial charge < -0.3 is 0 Å². The smallest absolute Gasteiger partial charge is 0.152 e. The molecule has 0 bridgehead atoms. The molecule has 0 spiro atoms. The maximum atomic E-state index is 13.5. The summed E-state index contributed by atoms with van der Waals surface area (Å²) in [6, 6.07) is 2.04. The highest BCUT2D eigenvalue weighted by atomic mass is 79.9. The zero-order chi connectivity index (χ0) is 11.9. The second-order valence-corrected chi connectivity index (χ2v) is 4.56. The minimum Gasteiger partial charge on any atom is -0.229 e. The van der Waals surface area contributed by atoms with E-state index in [0.717, 1.165) is 6.07 Å². The lowest BCUT2D eigenvalue weighted by molar-refractivity contribution is 0.589. The van der Waals surface area contributed by atoms with Gasteiger partial charge in [-0.15, -0.1) is 0 Å². The number of benzene rings is 1. The first-order valence-corrected chi connectivity index (χ1v) is 5.60. The second-order valence-electron chi connectivity index (χ2n) is 3.81. The van der Waals surface area contributed by atoms with Crippen molar-refractivity contribution in [3.63, 3.8) is 0 Å². The second kappa shape index (κ2) is 4.05. The van der Waals surface area contributed by atoms with Crippen LogP contribution in [0.5, 0.6) is 0 Å². The number of nitrogens with zero attached hydrogens (tertiary/aromatic N) is 2. The molecular formula is C11H9BrF2N2. The molecule has 0 atom stereocenters. The van der Waals surface area contributed by atoms with E-state index in [1.807, 2.05) is 13.8 Å². The molecule has 0 aliphatic rings. The summed E-state index contributed by atoms with van der Waals surface area (Å²) >= 11 is 3.20. The summed E-state index contributed by atoms with van der Waals surface area (Å²) in [5.41, 5.74) is 0.145. The molecule has 1 heterocycles. The van der Waals surface area contributed by atoms with Crippen LogP contribution < -0.4 is 0 Å². The molecule has 5 heteroatoms. The zero-order valence-corrected chi connectivity index (χ0v) is 10.3. The van der Waals surface area contributed by atoms with Gasteiger partial charge in [0.1, 0.15) is 21.8 Å². The average Bonchev–Trinajstić information content (AvgIpc) is 2.19. The van der Waals surface area contributed by atoms with Gasteiger partial charge in [0.05, 0.1) is 0 Å². The van der Waals surface area contributed by atoms with Crippen LogP contribution in [0.3, 0.4) is 0 Å². The average molecular weight is 287 g/mol. The maximum Gasteiger partial charge on any atom is 0.152 e. The van der Waals surface area contributed by atoms with Gasteiger partial charge in [0.15, 0.2) is 5.82 Å². The maximum absolute atomic E-state index is 13.5. The number of hydrogen-bond acceptors (Lipinski definition) is 2. The third kappa shape index (κ3) is 1.91. The van der Waals surface area contributed by atoms with Crippen molar-refractivity contribution < 1.29 is 8.78 Å². The Morgan fingerprint density at radius 1 is 1.19 bits per heavy atom. The molecule has 2 rings (SSSR count). The van der Waals surface area contributed by atoms with Crippen LogP contribution >= 0.6 is 15.9 Å². The van der Waals surface area contributed by atoms with Crippen molar-refractivity contribution in [2.45, 2.75) is 19.8 Å². The summed E-state index contributed by atoms with van der Waals surface area (Å²) in [7, 11) is 0. The van der Waals surface area contributed by atoms with Crippen LogP contribution in [0.2, 0.25) is 0 Å². The SMILES string of the molecule is CC(C)c1nc(Br)c2cc(F)cc(F)c2n1. The highest BCUT2D eigenvalue weighted by molar-refractivity contribution is 9.10.